The number of nitrogens with one attached hydrogen (secondary N) is 2. The highest BCUT2D eigenvalue weighted by molar-refractivity contribution is 6.35. The summed E-state index contributed by atoms with van der Waals surface area (Å²) in [6, 6.07) is 6.37. The van der Waals surface area contributed by atoms with Crippen LogP contribution in [0.2, 0.25) is 0 Å². The van der Waals surface area contributed by atoms with Gasteiger partial charge in [-0.25, -0.2) is 0 Å². The largest absolute Gasteiger partial charge is 0.435 e. The summed E-state index contributed by atoms with van der Waals surface area (Å²) in [5.41, 5.74) is 0.692. The number of alkyl halides is 2. The minimum Gasteiger partial charge on any atom is -0.435 e. The van der Waals surface area contributed by atoms with Gasteiger partial charge in [0.05, 0.1) is 12.7 Å². The van der Waals surface area contributed by atoms with Crippen molar-refractivity contribution in [1.29, 1.82) is 0 Å². The van der Waals surface area contributed by atoms with E-state index in [9.17, 15) is 18.4 Å². The summed E-state index contributed by atoms with van der Waals surface area (Å²) in [6.07, 6.45) is 3.18. The zero-order valence-corrected chi connectivity index (χ0v) is 15.2. The lowest BCUT2D eigenvalue weighted by atomic mass is 9.64. The zero-order chi connectivity index (χ0) is 19.4. The van der Waals surface area contributed by atoms with Gasteiger partial charge < -0.3 is 20.1 Å². The number of para-hydroxylation sites is 1. The number of rotatable bonds is 6. The number of benzene rings is 1. The maximum absolute atomic E-state index is 12.4. The average Bonchev–Trinajstić information content (AvgIpc) is 2.97. The first-order chi connectivity index (χ1) is 12.9. The first-order valence-corrected chi connectivity index (χ1v) is 9.10. The average molecular weight is 382 g/mol. The molecule has 1 aromatic rings. The van der Waals surface area contributed by atoms with E-state index < -0.39 is 18.4 Å². The molecule has 0 bridgehead atoms. The second kappa shape index (κ2) is 8.21. The molecule has 1 aromatic carbocycles. The lowest BCUT2D eigenvalue weighted by Gasteiger charge is -2.44. The molecule has 1 unspecified atom stereocenters. The molecule has 1 saturated heterocycles. The highest BCUT2D eigenvalue weighted by Gasteiger charge is 2.49. The summed E-state index contributed by atoms with van der Waals surface area (Å²) in [5.74, 6) is -1.32. The van der Waals surface area contributed by atoms with Crippen LogP contribution < -0.4 is 15.4 Å². The first-order valence-electron chi connectivity index (χ1n) is 9.10. The van der Waals surface area contributed by atoms with E-state index in [1.54, 1.807) is 18.2 Å². The second-order valence-corrected chi connectivity index (χ2v) is 7.40. The van der Waals surface area contributed by atoms with Gasteiger partial charge in [-0.05, 0) is 44.2 Å². The summed E-state index contributed by atoms with van der Waals surface area (Å²) < 4.78 is 34.8. The van der Waals surface area contributed by atoms with E-state index in [1.807, 2.05) is 6.92 Å². The van der Waals surface area contributed by atoms with E-state index in [-0.39, 0.29) is 36.3 Å². The van der Waals surface area contributed by atoms with Crippen LogP contribution in [0.4, 0.5) is 8.78 Å². The van der Waals surface area contributed by atoms with Crippen LogP contribution in [0.15, 0.2) is 24.3 Å². The van der Waals surface area contributed by atoms with E-state index in [0.717, 1.165) is 19.3 Å². The Morgan fingerprint density at radius 1 is 1.26 bits per heavy atom. The van der Waals surface area contributed by atoms with Crippen molar-refractivity contribution in [1.82, 2.24) is 10.6 Å². The molecule has 1 spiro atoms. The maximum atomic E-state index is 12.4. The lowest BCUT2D eigenvalue weighted by molar-refractivity contribution is -0.140. The number of carbonyl (C=O) groups is 2. The Balaban J connectivity index is 1.39. The van der Waals surface area contributed by atoms with Crippen molar-refractivity contribution >= 4 is 11.8 Å². The van der Waals surface area contributed by atoms with Crippen molar-refractivity contribution in [3.63, 3.8) is 0 Å². The molecule has 1 heterocycles. The van der Waals surface area contributed by atoms with Crippen LogP contribution in [0.5, 0.6) is 5.75 Å². The third-order valence-corrected chi connectivity index (χ3v) is 5.16. The highest BCUT2D eigenvalue weighted by atomic mass is 19.3. The number of amides is 2. The Labute approximate surface area is 156 Å². The molecule has 2 N–H and O–H groups in total. The summed E-state index contributed by atoms with van der Waals surface area (Å²) >= 11 is 0. The van der Waals surface area contributed by atoms with E-state index >= 15 is 0 Å². The van der Waals surface area contributed by atoms with E-state index in [0.29, 0.717) is 12.2 Å². The van der Waals surface area contributed by atoms with Gasteiger partial charge in [0.2, 0.25) is 0 Å². The van der Waals surface area contributed by atoms with Gasteiger partial charge in [-0.2, -0.15) is 8.78 Å². The molecule has 3 rings (SSSR count). The van der Waals surface area contributed by atoms with Crippen molar-refractivity contribution in [2.24, 2.45) is 5.41 Å². The molecule has 6 nitrogen and oxygen atoms in total. The Bertz CT molecular complexity index is 692. The first kappa shape index (κ1) is 19.5. The van der Waals surface area contributed by atoms with Crippen LogP contribution in [-0.2, 0) is 20.7 Å². The van der Waals surface area contributed by atoms with Crippen LogP contribution in [-0.4, -0.2) is 43.7 Å². The minimum atomic E-state index is -2.91. The molecule has 1 aliphatic carbocycles. The molecule has 1 atom stereocenters. The summed E-state index contributed by atoms with van der Waals surface area (Å²) in [5, 5.41) is 5.25. The fraction of sp³-hybridized carbons (Fsp3) is 0.579. The smallest absolute Gasteiger partial charge is 0.387 e. The number of ether oxygens (including phenoxy) is 2. The van der Waals surface area contributed by atoms with Gasteiger partial charge in [-0.3, -0.25) is 9.59 Å². The standard InChI is InChI=1S/C19H24F2N2O4/c1-12-8-19(11-26-12)9-14(10-19)23-17(25)16(24)22-7-6-13-4-2-3-5-15(13)27-18(20)21/h2-5,12,14,18H,6-11H2,1H3,(H,22,24)(H,23,25). The Hall–Kier alpha value is -2.22. The number of hydrogen-bond donors (Lipinski definition) is 2. The van der Waals surface area contributed by atoms with Crippen molar-refractivity contribution in [3.8, 4) is 5.75 Å². The molecule has 1 aliphatic heterocycles. The van der Waals surface area contributed by atoms with Crippen molar-refractivity contribution in [3.05, 3.63) is 29.8 Å². The van der Waals surface area contributed by atoms with Crippen LogP contribution in [0.3, 0.4) is 0 Å². The second-order valence-electron chi connectivity index (χ2n) is 7.40. The topological polar surface area (TPSA) is 76.7 Å². The van der Waals surface area contributed by atoms with Gasteiger partial charge in [-0.15, -0.1) is 0 Å². The monoisotopic (exact) mass is 382 g/mol. The van der Waals surface area contributed by atoms with E-state index in [2.05, 4.69) is 15.4 Å². The Morgan fingerprint density at radius 3 is 2.67 bits per heavy atom. The molecular weight excluding hydrogens is 358 g/mol. The van der Waals surface area contributed by atoms with Crippen molar-refractivity contribution in [2.45, 2.75) is 51.4 Å². The molecule has 2 fully saturated rings. The Morgan fingerprint density at radius 2 is 2.00 bits per heavy atom. The van der Waals surface area contributed by atoms with Crippen LogP contribution >= 0.6 is 0 Å². The number of hydrogen-bond acceptors (Lipinski definition) is 4. The maximum Gasteiger partial charge on any atom is 0.387 e. The van der Waals surface area contributed by atoms with Gasteiger partial charge in [0.15, 0.2) is 0 Å². The SMILES string of the molecule is CC1CC2(CO1)CC(NC(=O)C(=O)NCCc1ccccc1OC(F)F)C2. The van der Waals surface area contributed by atoms with Crippen molar-refractivity contribution < 1.29 is 27.8 Å². The molecule has 0 aromatic heterocycles. The Kier molecular flexibility index (Phi) is 5.94. The van der Waals surface area contributed by atoms with Gasteiger partial charge in [0.25, 0.3) is 0 Å². The molecule has 2 aliphatic rings. The van der Waals surface area contributed by atoms with Gasteiger partial charge in [-0.1, -0.05) is 18.2 Å². The van der Waals surface area contributed by atoms with E-state index in [1.165, 1.54) is 6.07 Å². The van der Waals surface area contributed by atoms with Gasteiger partial charge in [0.1, 0.15) is 5.75 Å². The molecule has 0 radical (unpaired) electrons. The summed E-state index contributed by atoms with van der Waals surface area (Å²) in [6.45, 7) is -0.00751. The lowest BCUT2D eigenvalue weighted by Crippen LogP contribution is -2.54. The third-order valence-electron chi connectivity index (χ3n) is 5.16. The zero-order valence-electron chi connectivity index (χ0n) is 15.2. The number of carbonyl (C=O) groups excluding carboxylic acids is 2. The molecule has 2 amide bonds. The quantitative estimate of drug-likeness (QED) is 0.738. The normalized spacial score (nSPS) is 26.7. The highest BCUT2D eigenvalue weighted by Crippen LogP contribution is 2.49. The van der Waals surface area contributed by atoms with Gasteiger partial charge in [0, 0.05) is 18.0 Å². The van der Waals surface area contributed by atoms with E-state index in [4.69, 9.17) is 4.74 Å². The number of halogens is 2. The fourth-order valence-corrected chi connectivity index (χ4v) is 3.98. The molecule has 8 heteroatoms. The van der Waals surface area contributed by atoms with Crippen LogP contribution in [0, 0.1) is 5.41 Å². The van der Waals surface area contributed by atoms with Gasteiger partial charge >= 0.3 is 18.4 Å². The molecular formula is C19H24F2N2O4. The van der Waals surface area contributed by atoms with Crippen molar-refractivity contribution in [2.75, 3.05) is 13.2 Å². The molecule has 148 valence electrons. The van der Waals surface area contributed by atoms with Crippen LogP contribution in [0.1, 0.15) is 31.7 Å². The predicted octanol–water partition coefficient (Wildman–Crippen LogP) is 2.02. The molecule has 1 saturated carbocycles. The summed E-state index contributed by atoms with van der Waals surface area (Å²) in [7, 11) is 0. The third kappa shape index (κ3) is 4.94. The minimum absolute atomic E-state index is 0.00248. The predicted molar refractivity (Wildman–Crippen MR) is 93.4 cm³/mol. The fourth-order valence-electron chi connectivity index (χ4n) is 3.98. The summed E-state index contributed by atoms with van der Waals surface area (Å²) in [4.78, 5) is 23.9. The van der Waals surface area contributed by atoms with Crippen LogP contribution in [0.25, 0.3) is 0 Å². The molecule has 27 heavy (non-hydrogen) atoms.